The third-order valence-electron chi connectivity index (χ3n) is 4.92. The van der Waals surface area contributed by atoms with Crippen molar-refractivity contribution in [2.45, 2.75) is 52.7 Å². The van der Waals surface area contributed by atoms with Crippen LogP contribution in [0.5, 0.6) is 0 Å². The predicted molar refractivity (Wildman–Crippen MR) is 84.1 cm³/mol. The molecule has 0 radical (unpaired) electrons. The van der Waals surface area contributed by atoms with Crippen LogP contribution in [0.25, 0.3) is 0 Å². The Morgan fingerprint density at radius 3 is 2.19 bits per heavy atom. The molecule has 1 heterocycles. The number of nitrogens with two attached hydrogens (primary N) is 1. The second-order valence-electron chi connectivity index (χ2n) is 8.05. The molecule has 2 unspecified atom stereocenters. The van der Waals surface area contributed by atoms with E-state index in [2.05, 4.69) is 18.7 Å². The first-order valence-electron chi connectivity index (χ1n) is 8.07. The smallest absolute Gasteiger partial charge is 0.410 e. The number of hydrogen-bond acceptors (Lipinski definition) is 4. The van der Waals surface area contributed by atoms with Gasteiger partial charge in [0.2, 0.25) is 0 Å². The number of ether oxygens (including phenoxy) is 1. The monoisotopic (exact) mass is 297 g/mol. The quantitative estimate of drug-likeness (QED) is 0.864. The van der Waals surface area contributed by atoms with Gasteiger partial charge in [-0.1, -0.05) is 13.8 Å². The Hall–Kier alpha value is -0.810. The molecule has 1 saturated heterocycles. The van der Waals surface area contributed by atoms with E-state index in [1.165, 1.54) is 6.42 Å². The molecule has 0 aromatic heterocycles. The summed E-state index contributed by atoms with van der Waals surface area (Å²) in [7, 11) is 0. The molecule has 0 aromatic carbocycles. The number of hydrogen-bond donors (Lipinski definition) is 1. The second-order valence-corrected chi connectivity index (χ2v) is 8.05. The Balaban J connectivity index is 1.68. The predicted octanol–water partition coefficient (Wildman–Crippen LogP) is 1.91. The molecule has 1 saturated carbocycles. The van der Waals surface area contributed by atoms with Gasteiger partial charge in [-0.25, -0.2) is 4.79 Å². The summed E-state index contributed by atoms with van der Waals surface area (Å²) < 4.78 is 5.41. The number of rotatable bonds is 3. The van der Waals surface area contributed by atoms with Gasteiger partial charge in [0.1, 0.15) is 5.60 Å². The normalized spacial score (nSPS) is 29.3. The van der Waals surface area contributed by atoms with Gasteiger partial charge in [0.15, 0.2) is 0 Å². The lowest BCUT2D eigenvalue weighted by molar-refractivity contribution is 0.0143. The maximum Gasteiger partial charge on any atom is 0.410 e. The maximum atomic E-state index is 12.0. The molecule has 2 atom stereocenters. The van der Waals surface area contributed by atoms with Gasteiger partial charge in [0, 0.05) is 32.2 Å². The van der Waals surface area contributed by atoms with Crippen LogP contribution < -0.4 is 5.73 Å². The SMILES string of the molecule is CC(C)(C)OC(=O)N1CCN(CCC2C(N)C2(C)C)CC1. The van der Waals surface area contributed by atoms with Crippen molar-refractivity contribution < 1.29 is 9.53 Å². The standard InChI is InChI=1S/C16H31N3O2/c1-15(2,3)21-14(20)19-10-8-18(9-11-19)7-6-12-13(17)16(12,4)5/h12-13H,6-11,17H2,1-5H3. The molecule has 2 fully saturated rings. The summed E-state index contributed by atoms with van der Waals surface area (Å²) in [5.41, 5.74) is 6.00. The molecule has 1 aliphatic carbocycles. The Bertz CT molecular complexity index is 381. The summed E-state index contributed by atoms with van der Waals surface area (Å²) in [6.07, 6.45) is 0.980. The van der Waals surface area contributed by atoms with Crippen LogP contribution in [-0.4, -0.2) is 60.3 Å². The fourth-order valence-electron chi connectivity index (χ4n) is 3.14. The van der Waals surface area contributed by atoms with E-state index < -0.39 is 5.60 Å². The summed E-state index contributed by atoms with van der Waals surface area (Å²) in [6, 6.07) is 0.362. The van der Waals surface area contributed by atoms with Crippen LogP contribution in [0.3, 0.4) is 0 Å². The average molecular weight is 297 g/mol. The summed E-state index contributed by atoms with van der Waals surface area (Å²) in [5, 5.41) is 0. The minimum Gasteiger partial charge on any atom is -0.444 e. The van der Waals surface area contributed by atoms with Gasteiger partial charge in [0.05, 0.1) is 0 Å². The van der Waals surface area contributed by atoms with Gasteiger partial charge >= 0.3 is 6.09 Å². The molecule has 1 amide bonds. The van der Waals surface area contributed by atoms with E-state index in [0.717, 1.165) is 32.7 Å². The van der Waals surface area contributed by atoms with Crippen molar-refractivity contribution in [3.8, 4) is 0 Å². The van der Waals surface area contributed by atoms with Crippen LogP contribution >= 0.6 is 0 Å². The van der Waals surface area contributed by atoms with Crippen molar-refractivity contribution in [3.63, 3.8) is 0 Å². The molecule has 21 heavy (non-hydrogen) atoms. The van der Waals surface area contributed by atoms with Gasteiger partial charge in [0.25, 0.3) is 0 Å². The Kier molecular flexibility index (Phi) is 4.54. The van der Waals surface area contributed by atoms with Gasteiger partial charge in [-0.05, 0) is 45.1 Å². The zero-order chi connectivity index (χ0) is 15.8. The number of carbonyl (C=O) groups is 1. The minimum atomic E-state index is -0.415. The second kappa shape index (κ2) is 5.76. The lowest BCUT2D eigenvalue weighted by Gasteiger charge is -2.35. The van der Waals surface area contributed by atoms with E-state index in [0.29, 0.717) is 17.4 Å². The van der Waals surface area contributed by atoms with E-state index >= 15 is 0 Å². The first-order chi connectivity index (χ1) is 9.61. The first kappa shape index (κ1) is 16.6. The molecule has 5 heteroatoms. The highest BCUT2D eigenvalue weighted by Gasteiger charge is 2.54. The Labute approximate surface area is 128 Å². The minimum absolute atomic E-state index is 0.188. The highest BCUT2D eigenvalue weighted by molar-refractivity contribution is 5.68. The molecule has 1 aliphatic heterocycles. The highest BCUT2D eigenvalue weighted by Crippen LogP contribution is 2.52. The molecule has 2 aliphatic rings. The van der Waals surface area contributed by atoms with E-state index in [1.807, 2.05) is 25.7 Å². The molecule has 0 aromatic rings. The first-order valence-corrected chi connectivity index (χ1v) is 8.07. The van der Waals surface area contributed by atoms with Gasteiger partial charge < -0.3 is 15.4 Å². The van der Waals surface area contributed by atoms with Crippen LogP contribution in [0.1, 0.15) is 41.0 Å². The van der Waals surface area contributed by atoms with Crippen molar-refractivity contribution in [1.82, 2.24) is 9.80 Å². The number of amides is 1. The molecule has 2 rings (SSSR count). The largest absolute Gasteiger partial charge is 0.444 e. The maximum absolute atomic E-state index is 12.0. The summed E-state index contributed by atoms with van der Waals surface area (Å²) in [6.45, 7) is 14.7. The molecule has 122 valence electrons. The van der Waals surface area contributed by atoms with Crippen molar-refractivity contribution in [1.29, 1.82) is 0 Å². The van der Waals surface area contributed by atoms with Crippen molar-refractivity contribution >= 4 is 6.09 Å². The van der Waals surface area contributed by atoms with Crippen LogP contribution in [0.4, 0.5) is 4.79 Å². The fraction of sp³-hybridized carbons (Fsp3) is 0.938. The third kappa shape index (κ3) is 4.10. The van der Waals surface area contributed by atoms with Crippen molar-refractivity contribution in [2.24, 2.45) is 17.1 Å². The topological polar surface area (TPSA) is 58.8 Å². The van der Waals surface area contributed by atoms with Gasteiger partial charge in [-0.15, -0.1) is 0 Å². The lowest BCUT2D eigenvalue weighted by atomic mass is 10.1. The van der Waals surface area contributed by atoms with Crippen LogP contribution in [0.15, 0.2) is 0 Å². The highest BCUT2D eigenvalue weighted by atomic mass is 16.6. The lowest BCUT2D eigenvalue weighted by Crippen LogP contribution is -2.50. The summed E-state index contributed by atoms with van der Waals surface area (Å²) in [5.74, 6) is 0.654. The zero-order valence-corrected chi connectivity index (χ0v) is 14.2. The molecule has 0 spiro atoms. The summed E-state index contributed by atoms with van der Waals surface area (Å²) >= 11 is 0. The number of piperazine rings is 1. The van der Waals surface area contributed by atoms with E-state index in [9.17, 15) is 4.79 Å². The Morgan fingerprint density at radius 1 is 1.24 bits per heavy atom. The molecule has 0 bridgehead atoms. The van der Waals surface area contributed by atoms with Gasteiger partial charge in [-0.3, -0.25) is 4.90 Å². The third-order valence-corrected chi connectivity index (χ3v) is 4.92. The van der Waals surface area contributed by atoms with E-state index in [4.69, 9.17) is 10.5 Å². The van der Waals surface area contributed by atoms with E-state index in [-0.39, 0.29) is 6.09 Å². The molecular weight excluding hydrogens is 266 g/mol. The fourth-order valence-corrected chi connectivity index (χ4v) is 3.14. The van der Waals surface area contributed by atoms with Crippen molar-refractivity contribution in [2.75, 3.05) is 32.7 Å². The Morgan fingerprint density at radius 2 is 1.76 bits per heavy atom. The number of nitrogens with zero attached hydrogens (tertiary/aromatic N) is 2. The van der Waals surface area contributed by atoms with Crippen LogP contribution in [0.2, 0.25) is 0 Å². The van der Waals surface area contributed by atoms with Crippen LogP contribution in [0, 0.1) is 11.3 Å². The van der Waals surface area contributed by atoms with Crippen LogP contribution in [-0.2, 0) is 4.74 Å². The number of carbonyl (C=O) groups excluding carboxylic acids is 1. The van der Waals surface area contributed by atoms with E-state index in [1.54, 1.807) is 0 Å². The van der Waals surface area contributed by atoms with Gasteiger partial charge in [-0.2, -0.15) is 0 Å². The zero-order valence-electron chi connectivity index (χ0n) is 14.2. The van der Waals surface area contributed by atoms with Crippen molar-refractivity contribution in [3.05, 3.63) is 0 Å². The molecule has 5 nitrogen and oxygen atoms in total. The average Bonchev–Trinajstić information content (AvgIpc) is 2.84. The summed E-state index contributed by atoms with van der Waals surface area (Å²) in [4.78, 5) is 16.2. The molecular formula is C16H31N3O2. The molecule has 2 N–H and O–H groups in total.